The summed E-state index contributed by atoms with van der Waals surface area (Å²) in [7, 11) is 1.75. The number of hydrogen-bond donors (Lipinski definition) is 3. The maximum atomic E-state index is 13.6. The molecule has 5 rings (SSSR count). The number of carbonyl (C=O) groups excluding carboxylic acids is 1. The van der Waals surface area contributed by atoms with E-state index in [0.717, 1.165) is 59.1 Å². The number of rotatable bonds is 7. The van der Waals surface area contributed by atoms with Gasteiger partial charge in [-0.3, -0.25) is 4.79 Å². The van der Waals surface area contributed by atoms with Gasteiger partial charge in [0.15, 0.2) is 0 Å². The molecule has 0 radical (unpaired) electrons. The van der Waals surface area contributed by atoms with Gasteiger partial charge >= 0.3 is 6.18 Å². The second kappa shape index (κ2) is 11.4. The molecule has 41 heavy (non-hydrogen) atoms. The van der Waals surface area contributed by atoms with E-state index in [4.69, 9.17) is 4.74 Å². The van der Waals surface area contributed by atoms with Gasteiger partial charge in [0.05, 0.1) is 16.8 Å². The molecule has 1 fully saturated rings. The zero-order valence-corrected chi connectivity index (χ0v) is 23.2. The van der Waals surface area contributed by atoms with Crippen molar-refractivity contribution in [2.45, 2.75) is 44.9 Å². The Morgan fingerprint density at radius 3 is 2.66 bits per heavy atom. The van der Waals surface area contributed by atoms with Crippen LogP contribution in [-0.2, 0) is 6.18 Å². The molecule has 7 nitrogen and oxygen atoms in total. The lowest BCUT2D eigenvalue weighted by atomic mass is 9.91. The molecule has 0 saturated carbocycles. The van der Waals surface area contributed by atoms with Gasteiger partial charge < -0.3 is 20.7 Å². The first-order valence-corrected chi connectivity index (χ1v) is 13.6. The fraction of sp³-hybridized carbons (Fsp3) is 0.323. The van der Waals surface area contributed by atoms with Crippen LogP contribution < -0.4 is 20.7 Å². The van der Waals surface area contributed by atoms with Gasteiger partial charge in [-0.15, -0.1) is 0 Å². The van der Waals surface area contributed by atoms with Gasteiger partial charge in [0.2, 0.25) is 5.95 Å². The lowest BCUT2D eigenvalue weighted by molar-refractivity contribution is -0.137. The van der Waals surface area contributed by atoms with Gasteiger partial charge in [0, 0.05) is 30.7 Å². The number of amides is 1. The number of ether oxygens (including phenoxy) is 1. The molecule has 0 bridgehead atoms. The number of nitrogens with zero attached hydrogens (tertiary/aromatic N) is 2. The average molecular weight is 564 g/mol. The average Bonchev–Trinajstić information content (AvgIpc) is 2.97. The number of benzene rings is 3. The van der Waals surface area contributed by atoms with Crippen LogP contribution in [0.3, 0.4) is 0 Å². The third-order valence-corrected chi connectivity index (χ3v) is 7.57. The molecule has 0 aliphatic carbocycles. The number of fused-ring (bicyclic) bond motifs is 1. The molecule has 0 unspecified atom stereocenters. The van der Waals surface area contributed by atoms with Crippen molar-refractivity contribution in [3.8, 4) is 16.9 Å². The summed E-state index contributed by atoms with van der Waals surface area (Å²) in [6.45, 7) is 5.36. The van der Waals surface area contributed by atoms with E-state index in [1.807, 2.05) is 38.1 Å². The van der Waals surface area contributed by atoms with Gasteiger partial charge in [-0.2, -0.15) is 13.2 Å². The van der Waals surface area contributed by atoms with E-state index in [9.17, 15) is 18.0 Å². The minimum atomic E-state index is -4.57. The number of alkyl halides is 3. The van der Waals surface area contributed by atoms with Crippen LogP contribution in [-0.4, -0.2) is 41.6 Å². The molecular weight excluding hydrogens is 531 g/mol. The molecule has 10 heteroatoms. The predicted octanol–water partition coefficient (Wildman–Crippen LogP) is 6.83. The van der Waals surface area contributed by atoms with Crippen LogP contribution in [0.4, 0.5) is 24.8 Å². The van der Waals surface area contributed by atoms with Gasteiger partial charge in [-0.1, -0.05) is 19.1 Å². The molecule has 1 aliphatic heterocycles. The van der Waals surface area contributed by atoms with E-state index in [1.54, 1.807) is 25.4 Å². The number of nitrogens with one attached hydrogen (secondary N) is 3. The molecule has 1 aliphatic rings. The molecule has 3 aromatic carbocycles. The summed E-state index contributed by atoms with van der Waals surface area (Å²) in [5.41, 5.74) is 2.24. The Hall–Kier alpha value is -4.18. The highest BCUT2D eigenvalue weighted by Crippen LogP contribution is 2.38. The number of carbonyl (C=O) groups is 1. The van der Waals surface area contributed by atoms with Crippen molar-refractivity contribution in [2.75, 3.05) is 30.8 Å². The Morgan fingerprint density at radius 1 is 1.12 bits per heavy atom. The Kier molecular flexibility index (Phi) is 7.86. The Morgan fingerprint density at radius 2 is 1.95 bits per heavy atom. The van der Waals surface area contributed by atoms with Crippen LogP contribution in [0, 0.1) is 6.92 Å². The standard InChI is InChI=1S/C31H32F3N5O2/c1-4-30(12-5-13-36-18-30)41-27-11-9-23(31(32,33)34)16-26(27)38-28(40)21-7-6-19(2)24(15-21)20-8-10-25-22(14-20)17-37-29(35-3)39-25/h6-11,14-17,36H,4-5,12-13,18H2,1-3H3,(H,38,40)(H,35,37,39)/t30-/m0/s1. The SMILES string of the molecule is CC[C@]1(Oc2ccc(C(F)(F)F)cc2NC(=O)c2ccc(C)c(-c3ccc4nc(NC)ncc4c3)c2)CCCNC1. The maximum Gasteiger partial charge on any atom is 0.416 e. The monoisotopic (exact) mass is 563 g/mol. The van der Waals surface area contributed by atoms with Gasteiger partial charge in [-0.25, -0.2) is 9.97 Å². The van der Waals surface area contributed by atoms with Crippen LogP contribution in [0.15, 0.2) is 60.8 Å². The maximum absolute atomic E-state index is 13.6. The van der Waals surface area contributed by atoms with Crippen LogP contribution in [0.25, 0.3) is 22.0 Å². The van der Waals surface area contributed by atoms with Crippen LogP contribution in [0.5, 0.6) is 5.75 Å². The van der Waals surface area contributed by atoms with E-state index in [0.29, 0.717) is 24.5 Å². The summed E-state index contributed by atoms with van der Waals surface area (Å²) < 4.78 is 47.2. The third-order valence-electron chi connectivity index (χ3n) is 7.57. The van der Waals surface area contributed by atoms with Crippen LogP contribution in [0.1, 0.15) is 47.7 Å². The van der Waals surface area contributed by atoms with Crippen molar-refractivity contribution in [1.82, 2.24) is 15.3 Å². The van der Waals surface area contributed by atoms with Gasteiger partial charge in [0.1, 0.15) is 11.4 Å². The van der Waals surface area contributed by atoms with Crippen molar-refractivity contribution >= 4 is 28.4 Å². The summed E-state index contributed by atoms with van der Waals surface area (Å²) in [4.78, 5) is 22.2. The molecule has 1 atom stereocenters. The van der Waals surface area contributed by atoms with Gasteiger partial charge in [0.25, 0.3) is 5.91 Å². The van der Waals surface area contributed by atoms with Crippen molar-refractivity contribution in [3.05, 3.63) is 77.5 Å². The van der Waals surface area contributed by atoms with E-state index >= 15 is 0 Å². The first-order chi connectivity index (χ1) is 19.6. The topological polar surface area (TPSA) is 88.2 Å². The number of hydrogen-bond acceptors (Lipinski definition) is 6. The zero-order chi connectivity index (χ0) is 29.2. The molecule has 4 aromatic rings. The largest absolute Gasteiger partial charge is 0.484 e. The van der Waals surface area contributed by atoms with Crippen molar-refractivity contribution in [1.29, 1.82) is 0 Å². The molecule has 214 valence electrons. The second-order valence-corrected chi connectivity index (χ2v) is 10.3. The van der Waals surface area contributed by atoms with Gasteiger partial charge in [-0.05, 0) is 91.9 Å². The minimum absolute atomic E-state index is 0.0199. The summed E-state index contributed by atoms with van der Waals surface area (Å²) >= 11 is 0. The zero-order valence-electron chi connectivity index (χ0n) is 23.2. The number of aromatic nitrogens is 2. The minimum Gasteiger partial charge on any atom is -0.484 e. The molecular formula is C31H32F3N5O2. The third kappa shape index (κ3) is 6.12. The fourth-order valence-corrected chi connectivity index (χ4v) is 5.12. The summed E-state index contributed by atoms with van der Waals surface area (Å²) in [5, 5.41) is 9.76. The highest BCUT2D eigenvalue weighted by molar-refractivity contribution is 6.06. The summed E-state index contributed by atoms with van der Waals surface area (Å²) in [6.07, 6.45) is -0.525. The van der Waals surface area contributed by atoms with E-state index < -0.39 is 23.2 Å². The molecule has 2 heterocycles. The molecule has 1 amide bonds. The number of aryl methyl sites for hydroxylation is 1. The predicted molar refractivity (Wildman–Crippen MR) is 154 cm³/mol. The Balaban J connectivity index is 1.47. The fourth-order valence-electron chi connectivity index (χ4n) is 5.12. The molecule has 1 aromatic heterocycles. The van der Waals surface area contributed by atoms with Crippen molar-refractivity contribution in [2.24, 2.45) is 0 Å². The van der Waals surface area contributed by atoms with Crippen molar-refractivity contribution in [3.63, 3.8) is 0 Å². The lowest BCUT2D eigenvalue weighted by Gasteiger charge is -2.38. The molecule has 1 saturated heterocycles. The Bertz CT molecular complexity index is 1580. The number of halogens is 3. The molecule has 0 spiro atoms. The lowest BCUT2D eigenvalue weighted by Crippen LogP contribution is -2.49. The quantitative estimate of drug-likeness (QED) is 0.229. The Labute approximate surface area is 236 Å². The van der Waals surface area contributed by atoms with E-state index in [-0.39, 0.29) is 11.4 Å². The first kappa shape index (κ1) is 28.4. The van der Waals surface area contributed by atoms with E-state index in [2.05, 4.69) is 25.9 Å². The van der Waals surface area contributed by atoms with Crippen LogP contribution in [0.2, 0.25) is 0 Å². The smallest absolute Gasteiger partial charge is 0.416 e. The number of anilines is 2. The molecule has 3 N–H and O–H groups in total. The summed E-state index contributed by atoms with van der Waals surface area (Å²) in [5.74, 6) is 0.188. The second-order valence-electron chi connectivity index (χ2n) is 10.3. The van der Waals surface area contributed by atoms with Crippen LogP contribution >= 0.6 is 0 Å². The van der Waals surface area contributed by atoms with E-state index in [1.165, 1.54) is 6.07 Å². The highest BCUT2D eigenvalue weighted by atomic mass is 19.4. The van der Waals surface area contributed by atoms with Crippen molar-refractivity contribution < 1.29 is 22.7 Å². The first-order valence-electron chi connectivity index (χ1n) is 13.6. The number of piperidine rings is 1. The highest BCUT2D eigenvalue weighted by Gasteiger charge is 2.35. The normalized spacial score (nSPS) is 17.3. The summed E-state index contributed by atoms with van der Waals surface area (Å²) in [6, 6.07) is 14.2.